The van der Waals surface area contributed by atoms with E-state index in [4.69, 9.17) is 21.0 Å². The van der Waals surface area contributed by atoms with Crippen LogP contribution in [0, 0.1) is 12.3 Å². The molecule has 0 saturated heterocycles. The van der Waals surface area contributed by atoms with Crippen molar-refractivity contribution in [3.05, 3.63) is 82.4 Å². The minimum absolute atomic E-state index is 0.0533. The molecule has 11 heteroatoms. The Kier molecular flexibility index (Phi) is 9.63. The largest absolute Gasteiger partial charge is 0.504 e. The first-order valence-corrected chi connectivity index (χ1v) is 11.8. The minimum Gasteiger partial charge on any atom is -0.504 e. The van der Waals surface area contributed by atoms with Gasteiger partial charge in [0.15, 0.2) is 18.1 Å². The van der Waals surface area contributed by atoms with Gasteiger partial charge in [-0.15, -0.1) is 0 Å². The zero-order valence-electron chi connectivity index (χ0n) is 20.9. The van der Waals surface area contributed by atoms with Crippen molar-refractivity contribution >= 4 is 29.0 Å². The molecule has 0 radical (unpaired) electrons. The Bertz CT molecular complexity index is 1310. The molecule has 0 aliphatic rings. The van der Waals surface area contributed by atoms with Gasteiger partial charge in [-0.25, -0.2) is 0 Å². The van der Waals surface area contributed by atoms with Crippen molar-refractivity contribution in [2.45, 2.75) is 20.1 Å². The van der Waals surface area contributed by atoms with Gasteiger partial charge in [0.2, 0.25) is 0 Å². The van der Waals surface area contributed by atoms with Crippen LogP contribution in [0.2, 0.25) is 0 Å². The zero-order chi connectivity index (χ0) is 27.7. The molecule has 0 saturated carbocycles. The summed E-state index contributed by atoms with van der Waals surface area (Å²) in [5, 5.41) is 44.9. The summed E-state index contributed by atoms with van der Waals surface area (Å²) in [5.41, 5.74) is 9.19. The summed E-state index contributed by atoms with van der Waals surface area (Å²) in [4.78, 5) is 25.0. The van der Waals surface area contributed by atoms with E-state index in [0.717, 1.165) is 5.56 Å². The highest BCUT2D eigenvalue weighted by Gasteiger charge is 2.17. The van der Waals surface area contributed by atoms with Gasteiger partial charge in [-0.1, -0.05) is 11.6 Å². The molecule has 3 aromatic carbocycles. The maximum atomic E-state index is 13.1. The number of amides is 2. The summed E-state index contributed by atoms with van der Waals surface area (Å²) in [6, 6.07) is 14.9. The molecular formula is C27H31N5O6. The number of nitrogens with one attached hydrogen (secondary N) is 4. The van der Waals surface area contributed by atoms with Crippen LogP contribution in [0.1, 0.15) is 32.6 Å². The molecule has 0 aliphatic carbocycles. The summed E-state index contributed by atoms with van der Waals surface area (Å²) >= 11 is 0. The first-order chi connectivity index (χ1) is 18.2. The lowest BCUT2D eigenvalue weighted by Crippen LogP contribution is -2.31. The summed E-state index contributed by atoms with van der Waals surface area (Å²) in [5.74, 6) is -1.11. The predicted molar refractivity (Wildman–Crippen MR) is 144 cm³/mol. The number of nitrogen functional groups attached to an aromatic ring is 1. The summed E-state index contributed by atoms with van der Waals surface area (Å²) < 4.78 is 5.55. The topological polar surface area (TPSA) is 190 Å². The van der Waals surface area contributed by atoms with E-state index in [1.807, 2.05) is 13.0 Å². The SMILES string of the molecule is Cc1ccc(NCc2cc(CO)cc(O)c2OCC(=O)NCCO)c(C(=O)Nc2ccc(C(=N)N)cc2)c1. The van der Waals surface area contributed by atoms with Gasteiger partial charge in [-0.3, -0.25) is 15.0 Å². The average Bonchev–Trinajstić information content (AvgIpc) is 2.90. The van der Waals surface area contributed by atoms with Gasteiger partial charge in [0.05, 0.1) is 18.8 Å². The number of phenols is 1. The number of carbonyl (C=O) groups is 2. The highest BCUT2D eigenvalue weighted by atomic mass is 16.5. The number of carbonyl (C=O) groups excluding carboxylic acids is 2. The molecule has 0 heterocycles. The highest BCUT2D eigenvalue weighted by Crippen LogP contribution is 2.33. The van der Waals surface area contributed by atoms with E-state index < -0.39 is 5.91 Å². The highest BCUT2D eigenvalue weighted by molar-refractivity contribution is 6.08. The van der Waals surface area contributed by atoms with Crippen LogP contribution in [-0.2, 0) is 17.9 Å². The minimum atomic E-state index is -0.475. The molecule has 11 nitrogen and oxygen atoms in total. The number of rotatable bonds is 12. The van der Waals surface area contributed by atoms with Crippen LogP contribution in [-0.4, -0.2) is 52.7 Å². The number of aryl methyl sites for hydroxylation is 1. The number of aliphatic hydroxyl groups excluding tert-OH is 2. The molecule has 0 aliphatic heterocycles. The summed E-state index contributed by atoms with van der Waals surface area (Å²) in [6.45, 7) is 1.11. The number of anilines is 2. The molecule has 0 atom stereocenters. The van der Waals surface area contributed by atoms with Crippen LogP contribution in [0.25, 0.3) is 0 Å². The molecule has 3 aromatic rings. The third-order valence-corrected chi connectivity index (χ3v) is 5.51. The molecule has 0 aromatic heterocycles. The third-order valence-electron chi connectivity index (χ3n) is 5.51. The van der Waals surface area contributed by atoms with Gasteiger partial charge in [0.25, 0.3) is 11.8 Å². The van der Waals surface area contributed by atoms with Gasteiger partial charge in [0.1, 0.15) is 5.84 Å². The number of aliphatic hydroxyl groups is 2. The Morgan fingerprint density at radius 3 is 2.45 bits per heavy atom. The first kappa shape index (κ1) is 28.0. The molecule has 0 unspecified atom stereocenters. The molecule has 0 fully saturated rings. The number of aromatic hydroxyl groups is 1. The van der Waals surface area contributed by atoms with Crippen LogP contribution in [0.5, 0.6) is 11.5 Å². The lowest BCUT2D eigenvalue weighted by molar-refractivity contribution is -0.123. The van der Waals surface area contributed by atoms with Crippen molar-refractivity contribution in [2.75, 3.05) is 30.4 Å². The van der Waals surface area contributed by atoms with Gasteiger partial charge in [-0.05, 0) is 61.0 Å². The number of nitrogens with two attached hydrogens (primary N) is 1. The van der Waals surface area contributed by atoms with Crippen LogP contribution >= 0.6 is 0 Å². The van der Waals surface area contributed by atoms with E-state index >= 15 is 0 Å². The first-order valence-electron chi connectivity index (χ1n) is 11.8. The lowest BCUT2D eigenvalue weighted by Gasteiger charge is -2.17. The lowest BCUT2D eigenvalue weighted by atomic mass is 10.1. The Morgan fingerprint density at radius 2 is 1.79 bits per heavy atom. The van der Waals surface area contributed by atoms with Crippen molar-refractivity contribution in [3.8, 4) is 11.5 Å². The Morgan fingerprint density at radius 1 is 1.05 bits per heavy atom. The number of phenolic OH excluding ortho intramolecular Hbond substituents is 1. The Hall–Kier alpha value is -4.61. The maximum Gasteiger partial charge on any atom is 0.258 e. The van der Waals surface area contributed by atoms with Crippen LogP contribution in [0.3, 0.4) is 0 Å². The molecule has 38 heavy (non-hydrogen) atoms. The van der Waals surface area contributed by atoms with Crippen molar-refractivity contribution in [2.24, 2.45) is 5.73 Å². The van der Waals surface area contributed by atoms with Gasteiger partial charge in [0, 0.05) is 35.6 Å². The molecule has 200 valence electrons. The zero-order valence-corrected chi connectivity index (χ0v) is 20.9. The Balaban J connectivity index is 1.80. The Labute approximate surface area is 219 Å². The van der Waals surface area contributed by atoms with Crippen LogP contribution in [0.15, 0.2) is 54.6 Å². The fraction of sp³-hybridized carbons (Fsp3) is 0.222. The second-order valence-electron chi connectivity index (χ2n) is 8.47. The van der Waals surface area contributed by atoms with Crippen molar-refractivity contribution in [3.63, 3.8) is 0 Å². The smallest absolute Gasteiger partial charge is 0.258 e. The summed E-state index contributed by atoms with van der Waals surface area (Å²) in [7, 11) is 0. The normalized spacial score (nSPS) is 10.5. The van der Waals surface area contributed by atoms with Crippen LogP contribution < -0.4 is 26.4 Å². The molecule has 2 amide bonds. The average molecular weight is 522 g/mol. The molecular weight excluding hydrogens is 490 g/mol. The van der Waals surface area contributed by atoms with Crippen molar-refractivity contribution < 1.29 is 29.6 Å². The summed E-state index contributed by atoms with van der Waals surface area (Å²) in [6.07, 6.45) is 0. The van der Waals surface area contributed by atoms with Gasteiger partial charge >= 0.3 is 0 Å². The maximum absolute atomic E-state index is 13.1. The van der Waals surface area contributed by atoms with E-state index in [1.54, 1.807) is 42.5 Å². The fourth-order valence-corrected chi connectivity index (χ4v) is 3.63. The number of ether oxygens (including phenoxy) is 1. The monoisotopic (exact) mass is 521 g/mol. The standard InChI is InChI=1S/C27H31N5O6/c1-16-2-7-22(21(10-16)27(37)32-20-5-3-18(4-6-20)26(28)29)31-13-19-11-17(14-34)12-23(35)25(19)38-15-24(36)30-8-9-33/h2-7,10-12,31,33-35H,8-9,13-15H2,1H3,(H3,28,29)(H,30,36)(H,32,37). The van der Waals surface area contributed by atoms with E-state index in [2.05, 4.69) is 16.0 Å². The van der Waals surface area contributed by atoms with Crippen molar-refractivity contribution in [1.82, 2.24) is 5.32 Å². The van der Waals surface area contributed by atoms with E-state index in [9.17, 15) is 19.8 Å². The van der Waals surface area contributed by atoms with Gasteiger partial charge in [-0.2, -0.15) is 0 Å². The number of hydrogen-bond donors (Lipinski definition) is 8. The molecule has 3 rings (SSSR count). The molecule has 9 N–H and O–H groups in total. The number of amidine groups is 1. The van der Waals surface area contributed by atoms with E-state index in [0.29, 0.717) is 33.6 Å². The second-order valence-corrected chi connectivity index (χ2v) is 8.47. The van der Waals surface area contributed by atoms with E-state index in [-0.39, 0.29) is 56.2 Å². The number of hydrogen-bond acceptors (Lipinski definition) is 8. The molecule has 0 bridgehead atoms. The van der Waals surface area contributed by atoms with Crippen LogP contribution in [0.4, 0.5) is 11.4 Å². The van der Waals surface area contributed by atoms with Gasteiger partial charge < -0.3 is 41.7 Å². The number of benzene rings is 3. The fourth-order valence-electron chi connectivity index (χ4n) is 3.63. The third kappa shape index (κ3) is 7.45. The van der Waals surface area contributed by atoms with Crippen molar-refractivity contribution in [1.29, 1.82) is 5.41 Å². The predicted octanol–water partition coefficient (Wildman–Crippen LogP) is 1.83. The van der Waals surface area contributed by atoms with E-state index in [1.165, 1.54) is 6.07 Å². The molecule has 0 spiro atoms. The second kappa shape index (κ2) is 13.1. The quantitative estimate of drug-likeness (QED) is 0.131.